The molecule has 0 radical (unpaired) electrons. The lowest BCUT2D eigenvalue weighted by atomic mass is 10.0. The SMILES string of the molecule is Cc1cc(-c2noc(N)c2-c2ccccc2)co1. The Morgan fingerprint density at radius 2 is 1.89 bits per heavy atom. The Labute approximate surface area is 104 Å². The number of hydrogen-bond acceptors (Lipinski definition) is 4. The van der Waals surface area contributed by atoms with Gasteiger partial charge in [-0.1, -0.05) is 35.5 Å². The van der Waals surface area contributed by atoms with Crippen molar-refractivity contribution < 1.29 is 8.94 Å². The van der Waals surface area contributed by atoms with E-state index in [2.05, 4.69) is 5.16 Å². The van der Waals surface area contributed by atoms with Crippen LogP contribution in [-0.4, -0.2) is 5.16 Å². The van der Waals surface area contributed by atoms with Crippen molar-refractivity contribution >= 4 is 5.88 Å². The van der Waals surface area contributed by atoms with Gasteiger partial charge in [-0.05, 0) is 18.6 Å². The third-order valence-electron chi connectivity index (χ3n) is 2.78. The van der Waals surface area contributed by atoms with E-state index in [4.69, 9.17) is 14.7 Å². The van der Waals surface area contributed by atoms with Gasteiger partial charge in [-0.3, -0.25) is 0 Å². The standard InChI is InChI=1S/C14H12N2O2/c1-9-7-11(8-17-9)13-12(14(15)18-16-13)10-5-3-2-4-6-10/h2-8H,15H2,1H3. The van der Waals surface area contributed by atoms with Crippen LogP contribution in [-0.2, 0) is 0 Å². The fourth-order valence-corrected chi connectivity index (χ4v) is 1.95. The van der Waals surface area contributed by atoms with Gasteiger partial charge in [0.15, 0.2) is 0 Å². The van der Waals surface area contributed by atoms with Crippen molar-refractivity contribution in [1.82, 2.24) is 5.16 Å². The molecule has 2 N–H and O–H groups in total. The summed E-state index contributed by atoms with van der Waals surface area (Å²) in [6.07, 6.45) is 1.65. The second kappa shape index (κ2) is 4.07. The summed E-state index contributed by atoms with van der Waals surface area (Å²) in [5, 5.41) is 4.02. The molecule has 3 aromatic rings. The molecular formula is C14H12N2O2. The molecule has 0 aliphatic carbocycles. The zero-order valence-corrected chi connectivity index (χ0v) is 9.88. The van der Waals surface area contributed by atoms with E-state index in [1.807, 2.05) is 43.3 Å². The second-order valence-corrected chi connectivity index (χ2v) is 4.08. The molecule has 4 nitrogen and oxygen atoms in total. The molecule has 0 atom stereocenters. The van der Waals surface area contributed by atoms with Crippen LogP contribution < -0.4 is 5.73 Å². The maximum atomic E-state index is 5.86. The first-order valence-electron chi connectivity index (χ1n) is 5.62. The summed E-state index contributed by atoms with van der Waals surface area (Å²) in [7, 11) is 0. The number of rotatable bonds is 2. The Balaban J connectivity index is 2.18. The number of hydrogen-bond donors (Lipinski definition) is 1. The quantitative estimate of drug-likeness (QED) is 0.744. The van der Waals surface area contributed by atoms with Gasteiger partial charge in [0.05, 0.1) is 5.56 Å². The first-order valence-corrected chi connectivity index (χ1v) is 5.62. The Morgan fingerprint density at radius 3 is 2.56 bits per heavy atom. The fraction of sp³-hybridized carbons (Fsp3) is 0.0714. The summed E-state index contributed by atoms with van der Waals surface area (Å²) >= 11 is 0. The van der Waals surface area contributed by atoms with Crippen molar-refractivity contribution in [1.29, 1.82) is 0 Å². The van der Waals surface area contributed by atoms with Crippen molar-refractivity contribution in [3.63, 3.8) is 0 Å². The first-order chi connectivity index (χ1) is 8.75. The van der Waals surface area contributed by atoms with Crippen LogP contribution >= 0.6 is 0 Å². The van der Waals surface area contributed by atoms with Gasteiger partial charge in [0.1, 0.15) is 17.7 Å². The summed E-state index contributed by atoms with van der Waals surface area (Å²) < 4.78 is 10.4. The highest BCUT2D eigenvalue weighted by atomic mass is 16.5. The lowest BCUT2D eigenvalue weighted by molar-refractivity contribution is 0.439. The molecule has 0 aliphatic heterocycles. The molecule has 0 amide bonds. The van der Waals surface area contributed by atoms with Gasteiger partial charge in [0.2, 0.25) is 5.88 Å². The number of nitrogen functional groups attached to an aromatic ring is 1. The molecule has 1 aromatic carbocycles. The molecule has 0 bridgehead atoms. The highest BCUT2D eigenvalue weighted by molar-refractivity contribution is 5.86. The molecule has 0 aliphatic rings. The third-order valence-corrected chi connectivity index (χ3v) is 2.78. The normalized spacial score (nSPS) is 10.7. The van der Waals surface area contributed by atoms with Crippen molar-refractivity contribution in [2.75, 3.05) is 5.73 Å². The summed E-state index contributed by atoms with van der Waals surface area (Å²) in [6.45, 7) is 1.88. The van der Waals surface area contributed by atoms with Crippen LogP contribution in [0.1, 0.15) is 5.76 Å². The van der Waals surface area contributed by atoms with Crippen LogP contribution in [0.25, 0.3) is 22.4 Å². The van der Waals surface area contributed by atoms with E-state index in [0.717, 1.165) is 22.5 Å². The molecule has 18 heavy (non-hydrogen) atoms. The Kier molecular flexibility index (Phi) is 2.41. The van der Waals surface area contributed by atoms with Gasteiger partial charge in [0, 0.05) is 5.56 Å². The van der Waals surface area contributed by atoms with Gasteiger partial charge in [-0.15, -0.1) is 0 Å². The summed E-state index contributed by atoms with van der Waals surface area (Å²) in [4.78, 5) is 0. The van der Waals surface area contributed by atoms with Gasteiger partial charge >= 0.3 is 0 Å². The highest BCUT2D eigenvalue weighted by Gasteiger charge is 2.18. The van der Waals surface area contributed by atoms with Crippen molar-refractivity contribution in [3.8, 4) is 22.4 Å². The van der Waals surface area contributed by atoms with Crippen molar-refractivity contribution in [2.24, 2.45) is 0 Å². The first kappa shape index (κ1) is 10.7. The topological polar surface area (TPSA) is 65.2 Å². The number of benzene rings is 1. The van der Waals surface area contributed by atoms with Crippen molar-refractivity contribution in [2.45, 2.75) is 6.92 Å². The van der Waals surface area contributed by atoms with Gasteiger partial charge in [-0.25, -0.2) is 0 Å². The number of aromatic nitrogens is 1. The fourth-order valence-electron chi connectivity index (χ4n) is 1.95. The lowest BCUT2D eigenvalue weighted by Crippen LogP contribution is -1.86. The number of anilines is 1. The van der Waals surface area contributed by atoms with E-state index in [9.17, 15) is 0 Å². The zero-order valence-electron chi connectivity index (χ0n) is 9.88. The van der Waals surface area contributed by atoms with E-state index in [0.29, 0.717) is 11.6 Å². The maximum absolute atomic E-state index is 5.86. The minimum Gasteiger partial charge on any atom is -0.469 e. The smallest absolute Gasteiger partial charge is 0.230 e. The van der Waals surface area contributed by atoms with Gasteiger partial charge in [-0.2, -0.15) is 0 Å². The molecule has 0 saturated heterocycles. The van der Waals surface area contributed by atoms with E-state index >= 15 is 0 Å². The average Bonchev–Trinajstić information content (AvgIpc) is 2.96. The predicted octanol–water partition coefficient (Wildman–Crippen LogP) is 3.49. The van der Waals surface area contributed by atoms with Crippen LogP contribution in [0.3, 0.4) is 0 Å². The van der Waals surface area contributed by atoms with Crippen LogP contribution in [0, 0.1) is 6.92 Å². The number of nitrogens with two attached hydrogens (primary N) is 1. The Bertz CT molecular complexity index is 668. The third kappa shape index (κ3) is 1.68. The summed E-state index contributed by atoms with van der Waals surface area (Å²) in [6, 6.07) is 11.7. The van der Waals surface area contributed by atoms with Gasteiger partial charge < -0.3 is 14.7 Å². The molecule has 0 saturated carbocycles. The summed E-state index contributed by atoms with van der Waals surface area (Å²) in [5.41, 5.74) is 9.21. The van der Waals surface area contributed by atoms with E-state index in [-0.39, 0.29) is 0 Å². The van der Waals surface area contributed by atoms with E-state index in [1.165, 1.54) is 0 Å². The Hall–Kier alpha value is -2.49. The summed E-state index contributed by atoms with van der Waals surface area (Å²) in [5.74, 6) is 1.14. The largest absolute Gasteiger partial charge is 0.469 e. The van der Waals surface area contributed by atoms with Crippen LogP contribution in [0.2, 0.25) is 0 Å². The van der Waals surface area contributed by atoms with E-state index in [1.54, 1.807) is 6.26 Å². The molecule has 0 spiro atoms. The maximum Gasteiger partial charge on any atom is 0.230 e. The highest BCUT2D eigenvalue weighted by Crippen LogP contribution is 2.36. The zero-order chi connectivity index (χ0) is 12.5. The molecule has 2 aromatic heterocycles. The van der Waals surface area contributed by atoms with Gasteiger partial charge in [0.25, 0.3) is 0 Å². The second-order valence-electron chi connectivity index (χ2n) is 4.08. The van der Waals surface area contributed by atoms with Crippen LogP contribution in [0.5, 0.6) is 0 Å². The molecule has 90 valence electrons. The van der Waals surface area contributed by atoms with Crippen LogP contribution in [0.15, 0.2) is 51.6 Å². The average molecular weight is 240 g/mol. The predicted molar refractivity (Wildman–Crippen MR) is 68.8 cm³/mol. The van der Waals surface area contributed by atoms with Crippen LogP contribution in [0.4, 0.5) is 5.88 Å². The minimum atomic E-state index is 0.315. The molecule has 0 fully saturated rings. The van der Waals surface area contributed by atoms with E-state index < -0.39 is 0 Å². The molecule has 2 heterocycles. The molecule has 0 unspecified atom stereocenters. The lowest BCUT2D eigenvalue weighted by Gasteiger charge is -1.99. The van der Waals surface area contributed by atoms with Crippen molar-refractivity contribution in [3.05, 3.63) is 48.4 Å². The minimum absolute atomic E-state index is 0.315. The monoisotopic (exact) mass is 240 g/mol. The number of aryl methyl sites for hydroxylation is 1. The Morgan fingerprint density at radius 1 is 1.11 bits per heavy atom. The molecule has 4 heteroatoms. The molecule has 3 rings (SSSR count). The number of furan rings is 1. The number of nitrogens with zero attached hydrogens (tertiary/aromatic N) is 1. The molecular weight excluding hydrogens is 228 g/mol.